The molecule has 3 N–H and O–H groups in total. The van der Waals surface area contributed by atoms with Gasteiger partial charge in [0.1, 0.15) is 5.54 Å². The Morgan fingerprint density at radius 1 is 1.24 bits per heavy atom. The van der Waals surface area contributed by atoms with Crippen molar-refractivity contribution in [2.45, 2.75) is 69.9 Å². The van der Waals surface area contributed by atoms with Crippen LogP contribution in [0, 0.1) is 0 Å². The third-order valence-electron chi connectivity index (χ3n) is 4.23. The molecule has 0 aromatic carbocycles. The molecule has 0 unspecified atom stereocenters. The van der Waals surface area contributed by atoms with Crippen molar-refractivity contribution in [3.63, 3.8) is 0 Å². The van der Waals surface area contributed by atoms with E-state index in [-0.39, 0.29) is 12.1 Å². The van der Waals surface area contributed by atoms with Crippen LogP contribution in [-0.2, 0) is 4.79 Å². The minimum Gasteiger partial charge on any atom is -0.480 e. The van der Waals surface area contributed by atoms with Crippen LogP contribution in [0.15, 0.2) is 0 Å². The normalized spacial score (nSPS) is 20.2. The maximum absolute atomic E-state index is 11.5. The Kier molecular flexibility index (Phi) is 4.95. The average Bonchev–Trinajstić information content (AvgIpc) is 2.37. The number of aliphatic carboxylic acids is 1. The van der Waals surface area contributed by atoms with Crippen molar-refractivity contribution in [3.05, 3.63) is 0 Å². The van der Waals surface area contributed by atoms with E-state index in [1.807, 2.05) is 13.8 Å². The zero-order valence-electron chi connectivity index (χ0n) is 11.0. The second-order valence-corrected chi connectivity index (χ2v) is 5.22. The van der Waals surface area contributed by atoms with E-state index in [0.717, 1.165) is 25.7 Å². The molecule has 100 valence electrons. The van der Waals surface area contributed by atoms with Crippen LogP contribution >= 0.6 is 0 Å². The molecular weight excluding hydrogens is 218 g/mol. The van der Waals surface area contributed by atoms with E-state index in [0.29, 0.717) is 12.8 Å². The number of aliphatic hydroxyl groups is 1. The van der Waals surface area contributed by atoms with Gasteiger partial charge in [0, 0.05) is 5.54 Å². The zero-order valence-corrected chi connectivity index (χ0v) is 11.0. The molecule has 1 fully saturated rings. The second-order valence-electron chi connectivity index (χ2n) is 5.22. The zero-order chi connectivity index (χ0) is 12.9. The first kappa shape index (κ1) is 14.5. The highest BCUT2D eigenvalue weighted by molar-refractivity contribution is 5.78. The third kappa shape index (κ3) is 2.99. The lowest BCUT2D eigenvalue weighted by Crippen LogP contribution is -2.63. The van der Waals surface area contributed by atoms with Crippen LogP contribution in [0.25, 0.3) is 0 Å². The lowest BCUT2D eigenvalue weighted by molar-refractivity contribution is -0.147. The Morgan fingerprint density at radius 2 is 1.76 bits per heavy atom. The SMILES string of the molecule is CCC(CC)(NC1(CO)CCCCC1)C(=O)O. The van der Waals surface area contributed by atoms with E-state index in [1.54, 1.807) is 0 Å². The van der Waals surface area contributed by atoms with Crippen molar-refractivity contribution in [2.75, 3.05) is 6.61 Å². The van der Waals surface area contributed by atoms with Crippen molar-refractivity contribution in [1.82, 2.24) is 5.32 Å². The standard InChI is InChI=1S/C13H25NO3/c1-3-13(4-2,11(16)17)14-12(10-15)8-6-5-7-9-12/h14-15H,3-10H2,1-2H3,(H,16,17). The van der Waals surface area contributed by atoms with E-state index >= 15 is 0 Å². The Morgan fingerprint density at radius 3 is 2.12 bits per heavy atom. The number of carboxylic acids is 1. The first-order valence-electron chi connectivity index (χ1n) is 6.68. The van der Waals surface area contributed by atoms with E-state index in [2.05, 4.69) is 5.32 Å². The number of rotatable bonds is 6. The molecule has 1 saturated carbocycles. The number of aliphatic hydroxyl groups excluding tert-OH is 1. The quantitative estimate of drug-likeness (QED) is 0.666. The van der Waals surface area contributed by atoms with Crippen molar-refractivity contribution >= 4 is 5.97 Å². The molecular formula is C13H25NO3. The summed E-state index contributed by atoms with van der Waals surface area (Å²) in [7, 11) is 0. The maximum atomic E-state index is 11.5. The van der Waals surface area contributed by atoms with Crippen LogP contribution < -0.4 is 5.32 Å². The van der Waals surface area contributed by atoms with Crippen molar-refractivity contribution < 1.29 is 15.0 Å². The monoisotopic (exact) mass is 243 g/mol. The summed E-state index contributed by atoms with van der Waals surface area (Å²) in [6.45, 7) is 3.80. The minimum absolute atomic E-state index is 0.0298. The predicted molar refractivity (Wildman–Crippen MR) is 67.0 cm³/mol. The summed E-state index contributed by atoms with van der Waals surface area (Å²) in [5.41, 5.74) is -1.28. The first-order chi connectivity index (χ1) is 8.04. The van der Waals surface area contributed by atoms with E-state index < -0.39 is 11.5 Å². The highest BCUT2D eigenvalue weighted by Crippen LogP contribution is 2.31. The van der Waals surface area contributed by atoms with Gasteiger partial charge >= 0.3 is 5.97 Å². The van der Waals surface area contributed by atoms with E-state index in [1.165, 1.54) is 6.42 Å². The third-order valence-corrected chi connectivity index (χ3v) is 4.23. The Labute approximate surface area is 103 Å². The maximum Gasteiger partial charge on any atom is 0.323 e. The number of carbonyl (C=O) groups is 1. The minimum atomic E-state index is -0.889. The Bertz CT molecular complexity index is 255. The lowest BCUT2D eigenvalue weighted by atomic mass is 9.78. The summed E-state index contributed by atoms with van der Waals surface area (Å²) in [6, 6.07) is 0. The van der Waals surface area contributed by atoms with Gasteiger partial charge in [-0.05, 0) is 25.7 Å². The molecule has 4 heteroatoms. The van der Waals surface area contributed by atoms with E-state index in [4.69, 9.17) is 0 Å². The highest BCUT2D eigenvalue weighted by Gasteiger charge is 2.43. The van der Waals surface area contributed by atoms with Crippen LogP contribution in [0.2, 0.25) is 0 Å². The van der Waals surface area contributed by atoms with Gasteiger partial charge in [-0.15, -0.1) is 0 Å². The fourth-order valence-electron chi connectivity index (χ4n) is 2.84. The number of hydrogen-bond donors (Lipinski definition) is 3. The molecule has 17 heavy (non-hydrogen) atoms. The van der Waals surface area contributed by atoms with Gasteiger partial charge in [-0.1, -0.05) is 33.1 Å². The largest absolute Gasteiger partial charge is 0.480 e. The Hall–Kier alpha value is -0.610. The molecule has 0 spiro atoms. The molecule has 0 radical (unpaired) electrons. The van der Waals surface area contributed by atoms with Crippen LogP contribution in [0.5, 0.6) is 0 Å². The molecule has 0 aromatic rings. The highest BCUT2D eigenvalue weighted by atomic mass is 16.4. The van der Waals surface area contributed by atoms with Crippen LogP contribution in [-0.4, -0.2) is 33.9 Å². The number of carboxylic acid groups (broad SMARTS) is 1. The second kappa shape index (κ2) is 5.83. The molecule has 0 aromatic heterocycles. The molecule has 1 rings (SSSR count). The van der Waals surface area contributed by atoms with Gasteiger partial charge in [-0.2, -0.15) is 0 Å². The molecule has 0 amide bonds. The number of hydrogen-bond acceptors (Lipinski definition) is 3. The van der Waals surface area contributed by atoms with Gasteiger partial charge in [0.25, 0.3) is 0 Å². The molecule has 1 aliphatic carbocycles. The molecule has 0 aliphatic heterocycles. The molecule has 0 bridgehead atoms. The number of nitrogens with one attached hydrogen (secondary N) is 1. The fraction of sp³-hybridized carbons (Fsp3) is 0.923. The van der Waals surface area contributed by atoms with Crippen LogP contribution in [0.1, 0.15) is 58.8 Å². The molecule has 0 heterocycles. The summed E-state index contributed by atoms with van der Waals surface area (Å²) in [4.78, 5) is 11.5. The Balaban J connectivity index is 2.86. The summed E-state index contributed by atoms with van der Waals surface area (Å²) in [6.07, 6.45) is 6.15. The molecule has 0 saturated heterocycles. The topological polar surface area (TPSA) is 69.6 Å². The first-order valence-corrected chi connectivity index (χ1v) is 6.68. The van der Waals surface area contributed by atoms with Crippen LogP contribution in [0.3, 0.4) is 0 Å². The van der Waals surface area contributed by atoms with Gasteiger partial charge in [-0.25, -0.2) is 0 Å². The predicted octanol–water partition coefficient (Wildman–Crippen LogP) is 1.91. The summed E-state index contributed by atoms with van der Waals surface area (Å²) in [5, 5.41) is 22.3. The van der Waals surface area contributed by atoms with Crippen molar-refractivity contribution in [1.29, 1.82) is 0 Å². The molecule has 1 aliphatic rings. The van der Waals surface area contributed by atoms with E-state index in [9.17, 15) is 15.0 Å². The molecule has 0 atom stereocenters. The summed E-state index contributed by atoms with van der Waals surface area (Å²) in [5.74, 6) is -0.805. The lowest BCUT2D eigenvalue weighted by Gasteiger charge is -2.43. The van der Waals surface area contributed by atoms with Gasteiger partial charge in [0.15, 0.2) is 0 Å². The summed E-state index contributed by atoms with van der Waals surface area (Å²) < 4.78 is 0. The molecule has 4 nitrogen and oxygen atoms in total. The van der Waals surface area contributed by atoms with Gasteiger partial charge in [-0.3, -0.25) is 10.1 Å². The van der Waals surface area contributed by atoms with Gasteiger partial charge < -0.3 is 10.2 Å². The smallest absolute Gasteiger partial charge is 0.323 e. The van der Waals surface area contributed by atoms with Crippen molar-refractivity contribution in [2.24, 2.45) is 0 Å². The van der Waals surface area contributed by atoms with Gasteiger partial charge in [0.2, 0.25) is 0 Å². The summed E-state index contributed by atoms with van der Waals surface area (Å²) >= 11 is 0. The average molecular weight is 243 g/mol. The van der Waals surface area contributed by atoms with Crippen molar-refractivity contribution in [3.8, 4) is 0 Å². The fourth-order valence-corrected chi connectivity index (χ4v) is 2.84. The van der Waals surface area contributed by atoms with Gasteiger partial charge in [0.05, 0.1) is 6.61 Å². The van der Waals surface area contributed by atoms with Crippen LogP contribution in [0.4, 0.5) is 0 Å².